The molecule has 0 spiro atoms. The van der Waals surface area contributed by atoms with E-state index in [4.69, 9.17) is 25.1 Å². The van der Waals surface area contributed by atoms with E-state index in [1.165, 1.54) is 0 Å². The molecule has 2 fully saturated rings. The Balaban J connectivity index is 0.000000349. The number of rotatable bonds is 5. The molecule has 0 saturated carbocycles. The van der Waals surface area contributed by atoms with Crippen LogP contribution in [0.5, 0.6) is 0 Å². The lowest BCUT2D eigenvalue weighted by Gasteiger charge is -2.32. The predicted molar refractivity (Wildman–Crippen MR) is 127 cm³/mol. The molecular formula is C23H27F6N7O5. The fourth-order valence-electron chi connectivity index (χ4n) is 3.96. The summed E-state index contributed by atoms with van der Waals surface area (Å²) in [5.74, 6) is -4.05. The molecule has 12 nitrogen and oxygen atoms in total. The first-order chi connectivity index (χ1) is 19.1. The second-order valence-electron chi connectivity index (χ2n) is 9.16. The van der Waals surface area contributed by atoms with Crippen LogP contribution in [-0.4, -0.2) is 96.8 Å². The quantitative estimate of drug-likeness (QED) is 0.434. The minimum absolute atomic E-state index is 0.200. The number of hydrogen-bond donors (Lipinski definition) is 3. The van der Waals surface area contributed by atoms with Crippen molar-refractivity contribution in [3.05, 3.63) is 35.8 Å². The zero-order chi connectivity index (χ0) is 30.8. The number of piperidine rings is 1. The lowest BCUT2D eigenvalue weighted by Crippen LogP contribution is -2.35. The summed E-state index contributed by atoms with van der Waals surface area (Å²) in [6.45, 7) is 5.19. The van der Waals surface area contributed by atoms with Crippen molar-refractivity contribution in [3.8, 4) is 6.07 Å². The minimum Gasteiger partial charge on any atom is -0.475 e. The second kappa shape index (κ2) is 14.6. The number of alkyl halides is 6. The predicted octanol–water partition coefficient (Wildman–Crippen LogP) is 2.29. The SMILES string of the molecule is N#Cc1ccnc(N2CCC(Cn3cc(CN4CC[C@@H](O)C4)nn3)CC2)c1.O=C(O)C(F)(F)F.O=C(O)C(F)(F)F. The van der Waals surface area contributed by atoms with Crippen molar-refractivity contribution in [1.82, 2.24) is 24.9 Å². The molecule has 4 rings (SSSR count). The summed E-state index contributed by atoms with van der Waals surface area (Å²) in [4.78, 5) is 26.7. The molecule has 226 valence electrons. The number of aliphatic carboxylic acids is 2. The largest absolute Gasteiger partial charge is 0.490 e. The molecule has 2 aliphatic heterocycles. The van der Waals surface area contributed by atoms with Crippen molar-refractivity contribution < 1.29 is 51.3 Å². The maximum Gasteiger partial charge on any atom is 0.490 e. The number of anilines is 1. The number of carboxylic acids is 2. The fraction of sp³-hybridized carbons (Fsp3) is 0.565. The Morgan fingerprint density at radius 2 is 1.61 bits per heavy atom. The summed E-state index contributed by atoms with van der Waals surface area (Å²) in [7, 11) is 0. The number of pyridine rings is 1. The Hall–Kier alpha value is -3.98. The topological polar surface area (TPSA) is 169 Å². The number of β-amino-alcohol motifs (C(OH)–C–C–N with tert-alkyl or cyclic N) is 1. The Morgan fingerprint density at radius 3 is 2.10 bits per heavy atom. The van der Waals surface area contributed by atoms with Crippen LogP contribution in [0.25, 0.3) is 0 Å². The Morgan fingerprint density at radius 1 is 1.02 bits per heavy atom. The van der Waals surface area contributed by atoms with Crippen molar-refractivity contribution in [2.75, 3.05) is 31.1 Å². The first-order valence-corrected chi connectivity index (χ1v) is 12.1. The van der Waals surface area contributed by atoms with E-state index >= 15 is 0 Å². The van der Waals surface area contributed by atoms with Gasteiger partial charge in [-0.1, -0.05) is 5.21 Å². The summed E-state index contributed by atoms with van der Waals surface area (Å²) >= 11 is 0. The highest BCUT2D eigenvalue weighted by atomic mass is 19.4. The minimum atomic E-state index is -5.08. The summed E-state index contributed by atoms with van der Waals surface area (Å²) in [6.07, 6.45) is -3.63. The van der Waals surface area contributed by atoms with Crippen LogP contribution < -0.4 is 4.90 Å². The van der Waals surface area contributed by atoms with Crippen LogP contribution in [0.3, 0.4) is 0 Å². The molecule has 2 aromatic rings. The van der Waals surface area contributed by atoms with Crippen LogP contribution in [0.2, 0.25) is 0 Å². The van der Waals surface area contributed by atoms with Gasteiger partial charge in [-0.2, -0.15) is 31.6 Å². The van der Waals surface area contributed by atoms with Gasteiger partial charge in [0, 0.05) is 51.7 Å². The molecule has 0 bridgehead atoms. The van der Waals surface area contributed by atoms with Crippen molar-refractivity contribution in [2.45, 2.75) is 50.8 Å². The molecule has 2 saturated heterocycles. The van der Waals surface area contributed by atoms with Gasteiger partial charge in [0.2, 0.25) is 0 Å². The third-order valence-electron chi connectivity index (χ3n) is 5.96. The van der Waals surface area contributed by atoms with Gasteiger partial charge in [0.25, 0.3) is 0 Å². The maximum atomic E-state index is 10.6. The average molecular weight is 596 g/mol. The third kappa shape index (κ3) is 11.6. The van der Waals surface area contributed by atoms with E-state index in [2.05, 4.69) is 31.2 Å². The van der Waals surface area contributed by atoms with Crippen LogP contribution in [0.15, 0.2) is 24.5 Å². The molecule has 2 aromatic heterocycles. The standard InChI is InChI=1S/C19H25N7O.2C2HF3O2/c20-10-16-1-5-21-19(9-16)25-7-2-15(3-8-25)11-26-13-17(22-23-26)12-24-6-4-18(27)14-24;2*3-2(4,5)1(6)7/h1,5,9,13,15,18,27H,2-4,6-8,11-12,14H2;2*(H,6,7)/t18-;;/m1../s1. The van der Waals surface area contributed by atoms with Crippen LogP contribution in [0.4, 0.5) is 32.2 Å². The Bertz CT molecular complexity index is 1170. The highest BCUT2D eigenvalue weighted by Gasteiger charge is 2.38. The normalized spacial score (nSPS) is 18.0. The Kier molecular flexibility index (Phi) is 11.8. The molecule has 0 radical (unpaired) electrons. The Labute approximate surface area is 229 Å². The van der Waals surface area contributed by atoms with Gasteiger partial charge in [0.15, 0.2) is 0 Å². The maximum absolute atomic E-state index is 10.6. The van der Waals surface area contributed by atoms with Gasteiger partial charge in [-0.05, 0) is 37.3 Å². The number of aromatic nitrogens is 4. The molecule has 0 aromatic carbocycles. The lowest BCUT2D eigenvalue weighted by molar-refractivity contribution is -0.193. The molecule has 41 heavy (non-hydrogen) atoms. The van der Waals surface area contributed by atoms with Crippen molar-refractivity contribution >= 4 is 17.8 Å². The van der Waals surface area contributed by atoms with Gasteiger partial charge < -0.3 is 20.2 Å². The van der Waals surface area contributed by atoms with Crippen molar-refractivity contribution in [3.63, 3.8) is 0 Å². The number of carbonyl (C=O) groups is 2. The summed E-state index contributed by atoms with van der Waals surface area (Å²) < 4.78 is 65.4. The number of nitriles is 1. The van der Waals surface area contributed by atoms with Gasteiger partial charge in [-0.3, -0.25) is 9.58 Å². The van der Waals surface area contributed by atoms with Gasteiger partial charge in [0.05, 0.1) is 23.4 Å². The van der Waals surface area contributed by atoms with Crippen molar-refractivity contribution in [2.24, 2.45) is 5.92 Å². The molecule has 3 N–H and O–H groups in total. The van der Waals surface area contributed by atoms with Crippen LogP contribution in [0, 0.1) is 17.2 Å². The monoisotopic (exact) mass is 595 g/mol. The number of halogens is 6. The van der Waals surface area contributed by atoms with E-state index in [1.807, 2.05) is 16.9 Å². The highest BCUT2D eigenvalue weighted by Crippen LogP contribution is 2.23. The fourth-order valence-corrected chi connectivity index (χ4v) is 3.96. The zero-order valence-corrected chi connectivity index (χ0v) is 21.4. The first-order valence-electron chi connectivity index (χ1n) is 12.1. The van der Waals surface area contributed by atoms with E-state index < -0.39 is 24.3 Å². The van der Waals surface area contributed by atoms with Gasteiger partial charge in [-0.25, -0.2) is 14.6 Å². The van der Waals surface area contributed by atoms with Gasteiger partial charge in [-0.15, -0.1) is 5.10 Å². The number of likely N-dealkylation sites (tertiary alicyclic amines) is 1. The second-order valence-corrected chi connectivity index (χ2v) is 9.16. The summed E-state index contributed by atoms with van der Waals surface area (Å²) in [6, 6.07) is 5.77. The number of nitrogens with zero attached hydrogens (tertiary/aromatic N) is 7. The van der Waals surface area contributed by atoms with Crippen LogP contribution in [0.1, 0.15) is 30.5 Å². The van der Waals surface area contributed by atoms with E-state index in [-0.39, 0.29) is 6.10 Å². The zero-order valence-electron chi connectivity index (χ0n) is 21.4. The molecule has 0 amide bonds. The summed E-state index contributed by atoms with van der Waals surface area (Å²) in [5.41, 5.74) is 1.63. The third-order valence-corrected chi connectivity index (χ3v) is 5.96. The van der Waals surface area contributed by atoms with Gasteiger partial charge >= 0.3 is 24.3 Å². The van der Waals surface area contributed by atoms with Crippen LogP contribution in [-0.2, 0) is 22.7 Å². The lowest BCUT2D eigenvalue weighted by atomic mass is 9.97. The number of aliphatic hydroxyl groups excluding tert-OH is 1. The van der Waals surface area contributed by atoms with E-state index in [0.717, 1.165) is 70.0 Å². The molecule has 18 heteroatoms. The molecule has 1 atom stereocenters. The van der Waals surface area contributed by atoms with Gasteiger partial charge in [0.1, 0.15) is 5.82 Å². The first kappa shape index (κ1) is 33.2. The van der Waals surface area contributed by atoms with E-state index in [9.17, 15) is 31.4 Å². The number of hydrogen-bond acceptors (Lipinski definition) is 9. The number of aliphatic hydroxyl groups is 1. The van der Waals surface area contributed by atoms with E-state index in [0.29, 0.717) is 11.5 Å². The van der Waals surface area contributed by atoms with Crippen molar-refractivity contribution in [1.29, 1.82) is 5.26 Å². The number of carboxylic acid groups (broad SMARTS) is 2. The molecule has 0 aliphatic carbocycles. The summed E-state index contributed by atoms with van der Waals surface area (Å²) in [5, 5.41) is 41.5. The molecule has 2 aliphatic rings. The molecular weight excluding hydrogens is 568 g/mol. The molecule has 0 unspecified atom stereocenters. The smallest absolute Gasteiger partial charge is 0.475 e. The average Bonchev–Trinajstić information content (AvgIpc) is 3.52. The molecule has 4 heterocycles. The van der Waals surface area contributed by atoms with Crippen LogP contribution >= 0.6 is 0 Å². The van der Waals surface area contributed by atoms with E-state index in [1.54, 1.807) is 12.3 Å². The highest BCUT2D eigenvalue weighted by molar-refractivity contribution is 5.73.